The topological polar surface area (TPSA) is 110 Å². The van der Waals surface area contributed by atoms with Gasteiger partial charge >= 0.3 is 5.97 Å². The van der Waals surface area contributed by atoms with Crippen LogP contribution in [0, 0.1) is 0 Å². The van der Waals surface area contributed by atoms with E-state index in [1.54, 1.807) is 30.3 Å². The average molecular weight is 368 g/mol. The molecule has 0 aromatic heterocycles. The van der Waals surface area contributed by atoms with Crippen molar-refractivity contribution in [2.75, 3.05) is 31.7 Å². The summed E-state index contributed by atoms with van der Waals surface area (Å²) in [4.78, 5) is 36.7. The molecule has 8 nitrogen and oxygen atoms in total. The fraction of sp³-hybridized carbons (Fsp3) is 0.438. The normalized spacial score (nSPS) is 18.4. The van der Waals surface area contributed by atoms with Crippen LogP contribution in [-0.2, 0) is 24.2 Å². The van der Waals surface area contributed by atoms with Gasteiger partial charge in [0.15, 0.2) is 16.4 Å². The van der Waals surface area contributed by atoms with Crippen LogP contribution in [0.1, 0.15) is 16.8 Å². The smallest absolute Gasteiger partial charge is 0.325 e. The Hall–Kier alpha value is -2.42. The highest BCUT2D eigenvalue weighted by Crippen LogP contribution is 2.16. The molecule has 0 spiro atoms. The summed E-state index contributed by atoms with van der Waals surface area (Å²) in [6.45, 7) is -0.852. The molecule has 1 fully saturated rings. The summed E-state index contributed by atoms with van der Waals surface area (Å²) >= 11 is 0. The van der Waals surface area contributed by atoms with Gasteiger partial charge in [0.25, 0.3) is 11.8 Å². The second-order valence-electron chi connectivity index (χ2n) is 5.77. The zero-order valence-electron chi connectivity index (χ0n) is 13.8. The zero-order chi connectivity index (χ0) is 18.4. The van der Waals surface area contributed by atoms with Crippen LogP contribution in [0.4, 0.5) is 0 Å². The maximum Gasteiger partial charge on any atom is 0.325 e. The van der Waals surface area contributed by atoms with Crippen molar-refractivity contribution in [3.8, 4) is 0 Å². The lowest BCUT2D eigenvalue weighted by Crippen LogP contribution is -2.41. The number of rotatable bonds is 6. The molecule has 136 valence electrons. The number of ether oxygens (including phenoxy) is 1. The Morgan fingerprint density at radius 2 is 1.92 bits per heavy atom. The molecule has 1 N–H and O–H groups in total. The first-order chi connectivity index (χ1) is 11.8. The van der Waals surface area contributed by atoms with Crippen LogP contribution in [0.3, 0.4) is 0 Å². The quantitative estimate of drug-likeness (QED) is 0.685. The first-order valence-electron chi connectivity index (χ1n) is 7.73. The summed E-state index contributed by atoms with van der Waals surface area (Å²) in [6.07, 6.45) is 0.381. The van der Waals surface area contributed by atoms with Gasteiger partial charge in [0.05, 0.1) is 11.5 Å². The van der Waals surface area contributed by atoms with Crippen molar-refractivity contribution < 1.29 is 27.5 Å². The van der Waals surface area contributed by atoms with Gasteiger partial charge < -0.3 is 15.0 Å². The maximum absolute atomic E-state index is 12.0. The van der Waals surface area contributed by atoms with E-state index in [0.717, 1.165) is 0 Å². The fourth-order valence-electron chi connectivity index (χ4n) is 2.42. The van der Waals surface area contributed by atoms with Crippen molar-refractivity contribution in [2.24, 2.45) is 0 Å². The van der Waals surface area contributed by atoms with Crippen LogP contribution < -0.4 is 5.32 Å². The van der Waals surface area contributed by atoms with Crippen LogP contribution in [0.5, 0.6) is 0 Å². The van der Waals surface area contributed by atoms with E-state index in [2.05, 4.69) is 5.32 Å². The predicted molar refractivity (Wildman–Crippen MR) is 89.6 cm³/mol. The summed E-state index contributed by atoms with van der Waals surface area (Å²) < 4.78 is 27.7. The Labute approximate surface area is 146 Å². The number of hydrogen-bond donors (Lipinski definition) is 1. The first kappa shape index (κ1) is 18.9. The summed E-state index contributed by atoms with van der Waals surface area (Å²) in [6, 6.07) is 7.98. The van der Waals surface area contributed by atoms with Crippen molar-refractivity contribution in [3.63, 3.8) is 0 Å². The molecule has 25 heavy (non-hydrogen) atoms. The molecular formula is C16H20N2O6S. The van der Waals surface area contributed by atoms with Crippen molar-refractivity contribution in [2.45, 2.75) is 12.5 Å². The van der Waals surface area contributed by atoms with E-state index < -0.39 is 40.3 Å². The Bertz CT molecular complexity index is 747. The molecule has 0 bridgehead atoms. The molecule has 1 atom stereocenters. The molecule has 0 aliphatic carbocycles. The summed E-state index contributed by atoms with van der Waals surface area (Å²) in [7, 11) is -1.61. The highest BCUT2D eigenvalue weighted by molar-refractivity contribution is 7.91. The monoisotopic (exact) mass is 368 g/mol. The largest absolute Gasteiger partial charge is 0.454 e. The van der Waals surface area contributed by atoms with E-state index in [-0.39, 0.29) is 18.1 Å². The second-order valence-corrected chi connectivity index (χ2v) is 8.00. The molecule has 1 aromatic rings. The molecule has 0 radical (unpaired) electrons. The van der Waals surface area contributed by atoms with E-state index in [1.165, 1.54) is 11.9 Å². The molecule has 0 saturated carbocycles. The van der Waals surface area contributed by atoms with Crippen LogP contribution in [0.25, 0.3) is 0 Å². The lowest BCUT2D eigenvalue weighted by molar-refractivity contribution is -0.151. The predicted octanol–water partition coefficient (Wildman–Crippen LogP) is -0.395. The minimum Gasteiger partial charge on any atom is -0.454 e. The third kappa shape index (κ3) is 5.56. The number of carbonyl (C=O) groups is 3. The van der Waals surface area contributed by atoms with Gasteiger partial charge in [-0.25, -0.2) is 8.42 Å². The van der Waals surface area contributed by atoms with Crippen molar-refractivity contribution in [1.29, 1.82) is 0 Å². The third-order valence-corrected chi connectivity index (χ3v) is 5.69. The van der Waals surface area contributed by atoms with E-state index in [9.17, 15) is 22.8 Å². The maximum atomic E-state index is 12.0. The number of hydrogen-bond acceptors (Lipinski definition) is 6. The molecular weight excluding hydrogens is 348 g/mol. The lowest BCUT2D eigenvalue weighted by atomic mass is 10.2. The molecule has 1 aliphatic heterocycles. The van der Waals surface area contributed by atoms with Gasteiger partial charge in [-0.1, -0.05) is 18.2 Å². The first-order valence-corrected chi connectivity index (χ1v) is 9.55. The molecule has 1 saturated heterocycles. The highest BCUT2D eigenvalue weighted by Gasteiger charge is 2.32. The van der Waals surface area contributed by atoms with Crippen molar-refractivity contribution in [1.82, 2.24) is 10.2 Å². The van der Waals surface area contributed by atoms with Crippen molar-refractivity contribution in [3.05, 3.63) is 35.9 Å². The van der Waals surface area contributed by atoms with E-state index in [0.29, 0.717) is 12.0 Å². The standard InChI is InChI=1S/C16H20N2O6S/c1-18(13-7-8-25(22,23)11-13)14(19)10-24-15(20)9-17-16(21)12-5-3-2-4-6-12/h2-6,13H,7-11H2,1H3,(H,17,21)/t13-/m1/s1. The number of nitrogens with zero attached hydrogens (tertiary/aromatic N) is 1. The second kappa shape index (κ2) is 8.11. The Morgan fingerprint density at radius 3 is 2.52 bits per heavy atom. The number of benzene rings is 1. The van der Waals surface area contributed by atoms with Gasteiger partial charge in [-0.15, -0.1) is 0 Å². The molecule has 1 aromatic carbocycles. The number of sulfone groups is 1. The zero-order valence-corrected chi connectivity index (χ0v) is 14.6. The number of likely N-dealkylation sites (N-methyl/N-ethyl adjacent to an activating group) is 1. The Morgan fingerprint density at radius 1 is 1.24 bits per heavy atom. The molecule has 2 amide bonds. The summed E-state index contributed by atoms with van der Waals surface area (Å²) in [5.41, 5.74) is 0.411. The third-order valence-electron chi connectivity index (χ3n) is 3.94. The number of esters is 1. The van der Waals surface area contributed by atoms with Crippen LogP contribution in [-0.4, -0.2) is 68.8 Å². The SMILES string of the molecule is CN(C(=O)COC(=O)CNC(=O)c1ccccc1)[C@@H]1CCS(=O)(=O)C1. The minimum atomic E-state index is -3.10. The molecule has 9 heteroatoms. The van der Waals surface area contributed by atoms with Crippen molar-refractivity contribution >= 4 is 27.6 Å². The van der Waals surface area contributed by atoms with Gasteiger partial charge in [-0.2, -0.15) is 0 Å². The van der Waals surface area contributed by atoms with Gasteiger partial charge in [0, 0.05) is 18.7 Å². The molecule has 1 aliphatic rings. The molecule has 1 heterocycles. The summed E-state index contributed by atoms with van der Waals surface area (Å²) in [5, 5.41) is 2.40. The minimum absolute atomic E-state index is 0.0561. The van der Waals surface area contributed by atoms with E-state index >= 15 is 0 Å². The van der Waals surface area contributed by atoms with Gasteiger partial charge in [0.1, 0.15) is 6.54 Å². The Kier molecular flexibility index (Phi) is 6.13. The highest BCUT2D eigenvalue weighted by atomic mass is 32.2. The Balaban J connectivity index is 1.72. The van der Waals surface area contributed by atoms with E-state index in [1.807, 2.05) is 0 Å². The number of carbonyl (C=O) groups excluding carboxylic acids is 3. The number of amides is 2. The van der Waals surface area contributed by atoms with E-state index in [4.69, 9.17) is 4.74 Å². The van der Waals surface area contributed by atoms with Crippen LogP contribution >= 0.6 is 0 Å². The van der Waals surface area contributed by atoms with Gasteiger partial charge in [-0.3, -0.25) is 14.4 Å². The summed E-state index contributed by atoms with van der Waals surface area (Å²) in [5.74, 6) is -1.66. The molecule has 0 unspecified atom stereocenters. The van der Waals surface area contributed by atoms with Gasteiger partial charge in [0.2, 0.25) is 0 Å². The van der Waals surface area contributed by atoms with Crippen LogP contribution in [0.2, 0.25) is 0 Å². The molecule has 2 rings (SSSR count). The fourth-order valence-corrected chi connectivity index (χ4v) is 4.20. The van der Waals surface area contributed by atoms with Gasteiger partial charge in [-0.05, 0) is 18.6 Å². The average Bonchev–Trinajstić information content (AvgIpc) is 2.97. The van der Waals surface area contributed by atoms with Crippen LogP contribution in [0.15, 0.2) is 30.3 Å². The lowest BCUT2D eigenvalue weighted by Gasteiger charge is -2.23. The number of nitrogens with one attached hydrogen (secondary N) is 1.